The molecule has 3 aromatic rings. The summed E-state index contributed by atoms with van der Waals surface area (Å²) in [5, 5.41) is 11.3. The molecule has 1 aromatic heterocycles. The molecule has 3 rings (SSSR count). The van der Waals surface area contributed by atoms with E-state index < -0.39 is 15.1 Å². The van der Waals surface area contributed by atoms with Gasteiger partial charge in [0.1, 0.15) is 11.6 Å². The number of rotatable bonds is 10. The Balaban J connectivity index is 1.79. The summed E-state index contributed by atoms with van der Waals surface area (Å²) in [5.74, 6) is -0.122. The molecule has 0 aliphatic heterocycles. The lowest BCUT2D eigenvalue weighted by Gasteiger charge is -2.15. The third-order valence-corrected chi connectivity index (χ3v) is 7.73. The van der Waals surface area contributed by atoms with Crippen LogP contribution in [-0.4, -0.2) is 34.3 Å². The van der Waals surface area contributed by atoms with Crippen molar-refractivity contribution in [2.24, 2.45) is 0 Å². The smallest absolute Gasteiger partial charge is 0.237 e. The van der Waals surface area contributed by atoms with Crippen LogP contribution in [0, 0.1) is 6.92 Å². The van der Waals surface area contributed by atoms with Crippen molar-refractivity contribution in [2.45, 2.75) is 47.9 Å². The largest absolute Gasteiger partial charge is 0.325 e. The Labute approximate surface area is 192 Å². The first-order valence-corrected chi connectivity index (χ1v) is 12.7. The molecule has 0 radical (unpaired) electrons. The molecular weight excluding hydrogens is 444 g/mol. The fourth-order valence-corrected chi connectivity index (χ4v) is 5.29. The Morgan fingerprint density at radius 1 is 1.16 bits per heavy atom. The van der Waals surface area contributed by atoms with Crippen LogP contribution in [-0.2, 0) is 26.9 Å². The molecule has 168 valence electrons. The molecule has 1 atom stereocenters. The Morgan fingerprint density at radius 3 is 2.47 bits per heavy atom. The highest BCUT2D eigenvalue weighted by atomic mass is 32.2. The van der Waals surface area contributed by atoms with E-state index in [1.807, 2.05) is 38.1 Å². The Morgan fingerprint density at radius 2 is 1.84 bits per heavy atom. The van der Waals surface area contributed by atoms with Gasteiger partial charge in [-0.2, -0.15) is 0 Å². The summed E-state index contributed by atoms with van der Waals surface area (Å²) >= 11 is 1.26. The van der Waals surface area contributed by atoms with E-state index in [2.05, 4.69) is 22.1 Å². The van der Waals surface area contributed by atoms with Crippen molar-refractivity contribution in [3.8, 4) is 0 Å². The molecule has 0 bridgehead atoms. The molecule has 9 heteroatoms. The highest BCUT2D eigenvalue weighted by Gasteiger charge is 2.25. The molecule has 1 unspecified atom stereocenters. The van der Waals surface area contributed by atoms with Gasteiger partial charge in [-0.25, -0.2) is 8.42 Å². The minimum Gasteiger partial charge on any atom is -0.325 e. The summed E-state index contributed by atoms with van der Waals surface area (Å²) in [5.41, 5.74) is 1.83. The Kier molecular flexibility index (Phi) is 7.87. The van der Waals surface area contributed by atoms with E-state index in [1.165, 1.54) is 11.8 Å². The minimum absolute atomic E-state index is 0.145. The standard InChI is InChI=1S/C23H26N4O3S2/c1-4-15-27-21(16-32(29,30)19-9-7-6-8-10-19)25-26-23(27)31-20(5-2)22(28)24-18-13-11-17(3)12-14-18/h4,6-14,20H,1,5,15-16H2,2-3H3,(H,24,28). The number of carbonyl (C=O) groups is 1. The molecule has 0 aliphatic carbocycles. The number of benzene rings is 2. The number of thioether (sulfide) groups is 1. The van der Waals surface area contributed by atoms with Crippen LogP contribution in [0.3, 0.4) is 0 Å². The van der Waals surface area contributed by atoms with Crippen molar-refractivity contribution >= 4 is 33.2 Å². The average molecular weight is 471 g/mol. The zero-order chi connectivity index (χ0) is 23.1. The number of amides is 1. The molecular formula is C23H26N4O3S2. The van der Waals surface area contributed by atoms with E-state index in [0.29, 0.717) is 23.9 Å². The second-order valence-corrected chi connectivity index (χ2v) is 10.4. The van der Waals surface area contributed by atoms with Gasteiger partial charge in [-0.15, -0.1) is 16.8 Å². The molecule has 1 amide bonds. The number of hydrogen-bond acceptors (Lipinski definition) is 6. The fraction of sp³-hybridized carbons (Fsp3) is 0.261. The van der Waals surface area contributed by atoms with E-state index >= 15 is 0 Å². The molecule has 0 spiro atoms. The number of nitrogens with zero attached hydrogens (tertiary/aromatic N) is 3. The van der Waals surface area contributed by atoms with Gasteiger partial charge in [0.25, 0.3) is 0 Å². The molecule has 2 aromatic carbocycles. The van der Waals surface area contributed by atoms with Crippen molar-refractivity contribution in [1.82, 2.24) is 14.8 Å². The number of aryl methyl sites for hydroxylation is 1. The normalized spacial score (nSPS) is 12.3. The maximum absolute atomic E-state index is 12.8. The summed E-state index contributed by atoms with van der Waals surface area (Å²) in [6, 6.07) is 15.8. The summed E-state index contributed by atoms with van der Waals surface area (Å²) < 4.78 is 27.3. The molecule has 32 heavy (non-hydrogen) atoms. The number of nitrogens with one attached hydrogen (secondary N) is 1. The molecule has 1 N–H and O–H groups in total. The number of aromatic nitrogens is 3. The molecule has 0 saturated heterocycles. The van der Waals surface area contributed by atoms with E-state index in [-0.39, 0.29) is 16.6 Å². The van der Waals surface area contributed by atoms with Gasteiger partial charge in [-0.05, 0) is 37.6 Å². The van der Waals surface area contributed by atoms with Gasteiger partial charge in [-0.3, -0.25) is 4.79 Å². The predicted octanol–water partition coefficient (Wildman–Crippen LogP) is 4.26. The minimum atomic E-state index is -3.58. The van der Waals surface area contributed by atoms with Gasteiger partial charge < -0.3 is 9.88 Å². The van der Waals surface area contributed by atoms with E-state index in [9.17, 15) is 13.2 Å². The topological polar surface area (TPSA) is 93.9 Å². The monoisotopic (exact) mass is 470 g/mol. The van der Waals surface area contributed by atoms with Crippen molar-refractivity contribution in [1.29, 1.82) is 0 Å². The van der Waals surface area contributed by atoms with Gasteiger partial charge >= 0.3 is 0 Å². The molecule has 0 aliphatic rings. The van der Waals surface area contributed by atoms with Crippen LogP contribution in [0.4, 0.5) is 5.69 Å². The lowest BCUT2D eigenvalue weighted by atomic mass is 10.2. The highest BCUT2D eigenvalue weighted by molar-refractivity contribution is 8.00. The lowest BCUT2D eigenvalue weighted by Crippen LogP contribution is -2.25. The maximum Gasteiger partial charge on any atom is 0.237 e. The Bertz CT molecular complexity index is 1170. The summed E-state index contributed by atoms with van der Waals surface area (Å²) in [6.45, 7) is 8.00. The lowest BCUT2D eigenvalue weighted by molar-refractivity contribution is -0.115. The van der Waals surface area contributed by atoms with Crippen LogP contribution < -0.4 is 5.32 Å². The van der Waals surface area contributed by atoms with E-state index in [4.69, 9.17) is 0 Å². The van der Waals surface area contributed by atoms with Gasteiger partial charge in [0.15, 0.2) is 15.0 Å². The SMILES string of the molecule is C=CCn1c(CS(=O)(=O)c2ccccc2)nnc1SC(CC)C(=O)Nc1ccc(C)cc1. The number of carbonyl (C=O) groups excluding carboxylic acids is 1. The maximum atomic E-state index is 12.8. The van der Waals surface area contributed by atoms with E-state index in [0.717, 1.165) is 11.3 Å². The number of anilines is 1. The first kappa shape index (κ1) is 23.7. The zero-order valence-electron chi connectivity index (χ0n) is 18.1. The molecule has 1 heterocycles. The van der Waals surface area contributed by atoms with Gasteiger partial charge in [0.2, 0.25) is 5.91 Å². The third kappa shape index (κ3) is 5.86. The highest BCUT2D eigenvalue weighted by Crippen LogP contribution is 2.27. The van der Waals surface area contributed by atoms with Crippen molar-refractivity contribution in [3.05, 3.63) is 78.6 Å². The van der Waals surface area contributed by atoms with Crippen LogP contribution in [0.5, 0.6) is 0 Å². The number of hydrogen-bond donors (Lipinski definition) is 1. The molecule has 0 fully saturated rings. The van der Waals surface area contributed by atoms with Crippen molar-refractivity contribution in [3.63, 3.8) is 0 Å². The molecule has 7 nitrogen and oxygen atoms in total. The van der Waals surface area contributed by atoms with Crippen LogP contribution in [0.2, 0.25) is 0 Å². The second kappa shape index (κ2) is 10.6. The van der Waals surface area contributed by atoms with Gasteiger partial charge in [0.05, 0.1) is 10.1 Å². The first-order valence-electron chi connectivity index (χ1n) is 10.2. The van der Waals surface area contributed by atoms with Gasteiger partial charge in [0, 0.05) is 12.2 Å². The second-order valence-electron chi connectivity index (χ2n) is 7.24. The van der Waals surface area contributed by atoms with Crippen molar-refractivity contribution in [2.75, 3.05) is 5.32 Å². The fourth-order valence-electron chi connectivity index (χ4n) is 3.02. The summed E-state index contributed by atoms with van der Waals surface area (Å²) in [6.07, 6.45) is 2.22. The number of sulfone groups is 1. The Hall–Kier alpha value is -2.91. The van der Waals surface area contributed by atoms with Crippen LogP contribution >= 0.6 is 11.8 Å². The summed E-state index contributed by atoms with van der Waals surface area (Å²) in [7, 11) is -3.58. The predicted molar refractivity (Wildman–Crippen MR) is 127 cm³/mol. The van der Waals surface area contributed by atoms with Crippen LogP contribution in [0.15, 0.2) is 77.3 Å². The third-order valence-electron chi connectivity index (χ3n) is 4.76. The van der Waals surface area contributed by atoms with Gasteiger partial charge in [-0.1, -0.05) is 60.7 Å². The van der Waals surface area contributed by atoms with Crippen molar-refractivity contribution < 1.29 is 13.2 Å². The molecule has 0 saturated carbocycles. The number of allylic oxidation sites excluding steroid dienone is 1. The first-order chi connectivity index (χ1) is 15.3. The summed E-state index contributed by atoms with van der Waals surface area (Å²) in [4.78, 5) is 13.0. The quantitative estimate of drug-likeness (QED) is 0.352. The van der Waals surface area contributed by atoms with Crippen LogP contribution in [0.25, 0.3) is 0 Å². The zero-order valence-corrected chi connectivity index (χ0v) is 19.7. The van der Waals surface area contributed by atoms with Crippen LogP contribution in [0.1, 0.15) is 24.7 Å². The van der Waals surface area contributed by atoms with E-state index in [1.54, 1.807) is 41.0 Å². The average Bonchev–Trinajstić information content (AvgIpc) is 3.14.